The monoisotopic (exact) mass is 262 g/mol. The van der Waals surface area contributed by atoms with Gasteiger partial charge in [-0.3, -0.25) is 0 Å². The molecule has 2 N–H and O–H groups in total. The largest absolute Gasteiger partial charge is 0.416 e. The summed E-state index contributed by atoms with van der Waals surface area (Å²) in [6, 6.07) is 3.71. The van der Waals surface area contributed by atoms with E-state index in [1.54, 1.807) is 0 Å². The number of urea groups is 1. The number of halogens is 3. The second-order valence-corrected chi connectivity index (χ2v) is 3.45. The molecule has 0 aromatic heterocycles. The Labute approximate surface area is 102 Å². The molecule has 0 atom stereocenters. The highest BCUT2D eigenvalue weighted by molar-refractivity contribution is 5.89. The molecule has 0 saturated carbocycles. The van der Waals surface area contributed by atoms with Gasteiger partial charge < -0.3 is 15.4 Å². The van der Waals surface area contributed by atoms with E-state index in [0.717, 1.165) is 12.1 Å². The maximum atomic E-state index is 12.3. The summed E-state index contributed by atoms with van der Waals surface area (Å²) < 4.78 is 41.6. The second kappa shape index (κ2) is 6.25. The van der Waals surface area contributed by atoms with Gasteiger partial charge in [0.05, 0.1) is 12.2 Å². The van der Waals surface area contributed by atoms with Crippen molar-refractivity contribution >= 4 is 11.7 Å². The molecule has 1 aromatic rings. The number of amides is 2. The van der Waals surface area contributed by atoms with Crippen LogP contribution in [0.1, 0.15) is 5.56 Å². The van der Waals surface area contributed by atoms with Crippen LogP contribution in [0.25, 0.3) is 0 Å². The first-order valence-corrected chi connectivity index (χ1v) is 5.14. The van der Waals surface area contributed by atoms with Crippen LogP contribution < -0.4 is 10.6 Å². The van der Waals surface area contributed by atoms with Gasteiger partial charge in [0, 0.05) is 19.3 Å². The van der Waals surface area contributed by atoms with E-state index in [-0.39, 0.29) is 5.69 Å². The molecule has 100 valence electrons. The van der Waals surface area contributed by atoms with Gasteiger partial charge in [0.25, 0.3) is 0 Å². The van der Waals surface area contributed by atoms with Crippen LogP contribution in [-0.2, 0) is 10.9 Å². The Morgan fingerprint density at radius 3 is 2.39 bits per heavy atom. The molecule has 0 aliphatic heterocycles. The first kappa shape index (κ1) is 14.3. The molecule has 0 bridgehead atoms. The second-order valence-electron chi connectivity index (χ2n) is 3.45. The normalized spacial score (nSPS) is 11.1. The van der Waals surface area contributed by atoms with Crippen molar-refractivity contribution in [1.82, 2.24) is 5.32 Å². The SMILES string of the molecule is COCCNC(=O)Nc1ccc(C(F)(F)F)cc1. The van der Waals surface area contributed by atoms with Crippen LogP contribution in [0.15, 0.2) is 24.3 Å². The number of carbonyl (C=O) groups excluding carboxylic acids is 1. The molecule has 2 amide bonds. The van der Waals surface area contributed by atoms with Crippen LogP contribution >= 0.6 is 0 Å². The fraction of sp³-hybridized carbons (Fsp3) is 0.364. The molecule has 0 aliphatic rings. The number of rotatable bonds is 4. The number of benzene rings is 1. The zero-order valence-corrected chi connectivity index (χ0v) is 9.67. The highest BCUT2D eigenvalue weighted by Gasteiger charge is 2.29. The number of hydrogen-bond acceptors (Lipinski definition) is 2. The number of carbonyl (C=O) groups is 1. The molecule has 18 heavy (non-hydrogen) atoms. The smallest absolute Gasteiger partial charge is 0.383 e. The number of ether oxygens (including phenoxy) is 1. The van der Waals surface area contributed by atoms with E-state index < -0.39 is 17.8 Å². The fourth-order valence-electron chi connectivity index (χ4n) is 1.18. The van der Waals surface area contributed by atoms with E-state index in [9.17, 15) is 18.0 Å². The van der Waals surface area contributed by atoms with E-state index in [1.807, 2.05) is 0 Å². The van der Waals surface area contributed by atoms with Gasteiger partial charge in [-0.15, -0.1) is 0 Å². The predicted octanol–water partition coefficient (Wildman–Crippen LogP) is 2.47. The number of hydrogen-bond donors (Lipinski definition) is 2. The maximum absolute atomic E-state index is 12.3. The lowest BCUT2D eigenvalue weighted by Crippen LogP contribution is -2.31. The van der Waals surface area contributed by atoms with Crippen molar-refractivity contribution in [3.8, 4) is 0 Å². The molecule has 7 heteroatoms. The number of nitrogens with one attached hydrogen (secondary N) is 2. The van der Waals surface area contributed by atoms with Gasteiger partial charge in [0.2, 0.25) is 0 Å². The minimum atomic E-state index is -4.38. The van der Waals surface area contributed by atoms with Crippen LogP contribution in [0, 0.1) is 0 Å². The van der Waals surface area contributed by atoms with E-state index in [2.05, 4.69) is 10.6 Å². The third-order valence-electron chi connectivity index (χ3n) is 2.06. The highest BCUT2D eigenvalue weighted by Crippen LogP contribution is 2.29. The Kier molecular flexibility index (Phi) is 4.96. The predicted molar refractivity (Wildman–Crippen MR) is 60.3 cm³/mol. The van der Waals surface area contributed by atoms with Crippen molar-refractivity contribution < 1.29 is 22.7 Å². The van der Waals surface area contributed by atoms with E-state index in [0.29, 0.717) is 13.2 Å². The summed E-state index contributed by atoms with van der Waals surface area (Å²) in [6.07, 6.45) is -4.38. The average Bonchev–Trinajstić information content (AvgIpc) is 2.29. The molecule has 0 spiro atoms. The van der Waals surface area contributed by atoms with Crippen molar-refractivity contribution in [3.05, 3.63) is 29.8 Å². The van der Waals surface area contributed by atoms with Gasteiger partial charge in [0.15, 0.2) is 0 Å². The Hall–Kier alpha value is -1.76. The lowest BCUT2D eigenvalue weighted by molar-refractivity contribution is -0.137. The van der Waals surface area contributed by atoms with Crippen molar-refractivity contribution in [2.45, 2.75) is 6.18 Å². The van der Waals surface area contributed by atoms with E-state index >= 15 is 0 Å². The molecule has 4 nitrogen and oxygen atoms in total. The molecule has 0 radical (unpaired) electrons. The molecule has 0 unspecified atom stereocenters. The van der Waals surface area contributed by atoms with Crippen LogP contribution in [-0.4, -0.2) is 26.3 Å². The zero-order chi connectivity index (χ0) is 13.6. The number of methoxy groups -OCH3 is 1. The molecular formula is C11H13F3N2O2. The van der Waals surface area contributed by atoms with Crippen LogP contribution in [0.5, 0.6) is 0 Å². The van der Waals surface area contributed by atoms with Gasteiger partial charge >= 0.3 is 12.2 Å². The van der Waals surface area contributed by atoms with Gasteiger partial charge in [-0.1, -0.05) is 0 Å². The van der Waals surface area contributed by atoms with Crippen molar-refractivity contribution in [2.75, 3.05) is 25.6 Å². The van der Waals surface area contributed by atoms with E-state index in [4.69, 9.17) is 4.74 Å². The Bertz CT molecular complexity index is 390. The summed E-state index contributed by atoms with van der Waals surface area (Å²) in [7, 11) is 1.50. The van der Waals surface area contributed by atoms with Gasteiger partial charge in [-0.05, 0) is 24.3 Å². The van der Waals surface area contributed by atoms with Crippen molar-refractivity contribution in [3.63, 3.8) is 0 Å². The minimum Gasteiger partial charge on any atom is -0.383 e. The fourth-order valence-corrected chi connectivity index (χ4v) is 1.18. The molecule has 0 saturated heterocycles. The molecule has 0 aliphatic carbocycles. The van der Waals surface area contributed by atoms with Crippen molar-refractivity contribution in [2.24, 2.45) is 0 Å². The average molecular weight is 262 g/mol. The summed E-state index contributed by atoms with van der Waals surface area (Å²) >= 11 is 0. The van der Waals surface area contributed by atoms with Crippen molar-refractivity contribution in [1.29, 1.82) is 0 Å². The molecule has 0 heterocycles. The zero-order valence-electron chi connectivity index (χ0n) is 9.67. The van der Waals surface area contributed by atoms with Crippen LogP contribution in [0.2, 0.25) is 0 Å². The highest BCUT2D eigenvalue weighted by atomic mass is 19.4. The Balaban J connectivity index is 2.51. The first-order chi connectivity index (χ1) is 8.43. The molecule has 0 fully saturated rings. The lowest BCUT2D eigenvalue weighted by atomic mass is 10.2. The summed E-state index contributed by atoms with van der Waals surface area (Å²) in [6.45, 7) is 0.684. The first-order valence-electron chi connectivity index (χ1n) is 5.14. The summed E-state index contributed by atoms with van der Waals surface area (Å²) in [5.41, 5.74) is -0.467. The minimum absolute atomic E-state index is 0.290. The topological polar surface area (TPSA) is 50.4 Å². The van der Waals surface area contributed by atoms with Gasteiger partial charge in [-0.25, -0.2) is 4.79 Å². The molecule has 1 rings (SSSR count). The summed E-state index contributed by atoms with van der Waals surface area (Å²) in [5.74, 6) is 0. The Morgan fingerprint density at radius 2 is 1.89 bits per heavy atom. The maximum Gasteiger partial charge on any atom is 0.416 e. The molecular weight excluding hydrogens is 249 g/mol. The molecule has 1 aromatic carbocycles. The van der Waals surface area contributed by atoms with Gasteiger partial charge in [0.1, 0.15) is 0 Å². The number of anilines is 1. The van der Waals surface area contributed by atoms with Gasteiger partial charge in [-0.2, -0.15) is 13.2 Å². The summed E-state index contributed by atoms with van der Waals surface area (Å²) in [5, 5.41) is 4.89. The van der Waals surface area contributed by atoms with E-state index in [1.165, 1.54) is 19.2 Å². The number of alkyl halides is 3. The summed E-state index contributed by atoms with van der Waals surface area (Å²) in [4.78, 5) is 11.3. The van der Waals surface area contributed by atoms with Crippen LogP contribution in [0.3, 0.4) is 0 Å². The third-order valence-corrected chi connectivity index (χ3v) is 2.06. The quantitative estimate of drug-likeness (QED) is 0.819. The third kappa shape index (κ3) is 4.62. The lowest BCUT2D eigenvalue weighted by Gasteiger charge is -2.09. The van der Waals surface area contributed by atoms with Crippen LogP contribution in [0.4, 0.5) is 23.7 Å². The standard InChI is InChI=1S/C11H13F3N2O2/c1-18-7-6-15-10(17)16-9-4-2-8(3-5-9)11(12,13)14/h2-5H,6-7H2,1H3,(H2,15,16,17). The Morgan fingerprint density at radius 1 is 1.28 bits per heavy atom.